The number of rotatable bonds is 15. The van der Waals surface area contributed by atoms with Gasteiger partial charge in [-0.1, -0.05) is 72.1 Å². The Kier molecular flexibility index (Phi) is 12.2. The fourth-order valence-electron chi connectivity index (χ4n) is 4.93. The molecule has 0 radical (unpaired) electrons. The van der Waals surface area contributed by atoms with Crippen LogP contribution < -0.4 is 14.2 Å². The molecule has 1 atom stereocenters. The molecular formula is C32H46O4. The van der Waals surface area contributed by atoms with Gasteiger partial charge >= 0.3 is 5.97 Å². The first-order chi connectivity index (χ1) is 17.6. The van der Waals surface area contributed by atoms with Gasteiger partial charge < -0.3 is 14.2 Å². The summed E-state index contributed by atoms with van der Waals surface area (Å²) in [5.74, 6) is 4.14. The van der Waals surface area contributed by atoms with Gasteiger partial charge in [-0.15, -0.1) is 0 Å². The molecule has 2 aromatic carbocycles. The van der Waals surface area contributed by atoms with E-state index in [9.17, 15) is 4.79 Å². The number of hydrogen-bond donors (Lipinski definition) is 0. The highest BCUT2D eigenvalue weighted by Crippen LogP contribution is 2.32. The number of hydrogen-bond acceptors (Lipinski definition) is 4. The van der Waals surface area contributed by atoms with Crippen LogP contribution in [-0.4, -0.2) is 19.2 Å². The highest BCUT2D eigenvalue weighted by atomic mass is 16.5. The first-order valence-electron chi connectivity index (χ1n) is 14.2. The van der Waals surface area contributed by atoms with E-state index in [1.54, 1.807) is 24.3 Å². The van der Waals surface area contributed by atoms with Gasteiger partial charge in [-0.25, -0.2) is 4.79 Å². The second-order valence-corrected chi connectivity index (χ2v) is 10.6. The summed E-state index contributed by atoms with van der Waals surface area (Å²) in [6.07, 6.45) is 13.9. The van der Waals surface area contributed by atoms with Crippen molar-refractivity contribution in [1.29, 1.82) is 0 Å². The summed E-state index contributed by atoms with van der Waals surface area (Å²) in [5.41, 5.74) is 0.509. The maximum absolute atomic E-state index is 12.5. The standard InChI is InChI=1S/C32H46O4/c1-4-9-26-11-13-27(14-12-26)24-35-30-19-21-31(22-20-30)36-32(33)28-15-17-29(18-16-28)34-23-8-6-7-10-25(3)5-2/h15-22,25-27H,4-14,23-24H2,1-3H3. The summed E-state index contributed by atoms with van der Waals surface area (Å²) in [6.45, 7) is 8.31. The van der Waals surface area contributed by atoms with Crippen molar-refractivity contribution in [1.82, 2.24) is 0 Å². The molecule has 0 N–H and O–H groups in total. The molecule has 1 aliphatic rings. The quantitative estimate of drug-likeness (QED) is 0.141. The summed E-state index contributed by atoms with van der Waals surface area (Å²) < 4.78 is 17.4. The van der Waals surface area contributed by atoms with Gasteiger partial charge in [-0.2, -0.15) is 0 Å². The Morgan fingerprint density at radius 3 is 2.08 bits per heavy atom. The van der Waals surface area contributed by atoms with Gasteiger partial charge in [0, 0.05) is 0 Å². The molecule has 0 heterocycles. The molecule has 1 unspecified atom stereocenters. The van der Waals surface area contributed by atoms with Gasteiger partial charge in [0.15, 0.2) is 0 Å². The molecule has 3 rings (SSSR count). The Labute approximate surface area is 218 Å². The van der Waals surface area contributed by atoms with Crippen molar-refractivity contribution in [2.24, 2.45) is 17.8 Å². The number of esters is 1. The van der Waals surface area contributed by atoms with E-state index in [1.165, 1.54) is 64.2 Å². The second kappa shape index (κ2) is 15.6. The Morgan fingerprint density at radius 1 is 0.806 bits per heavy atom. The first-order valence-corrected chi connectivity index (χ1v) is 14.2. The lowest BCUT2D eigenvalue weighted by molar-refractivity contribution is 0.0734. The third kappa shape index (κ3) is 9.87. The number of benzene rings is 2. The van der Waals surface area contributed by atoms with Crippen LogP contribution in [0.2, 0.25) is 0 Å². The van der Waals surface area contributed by atoms with Crippen molar-refractivity contribution in [3.05, 3.63) is 54.1 Å². The highest BCUT2D eigenvalue weighted by molar-refractivity contribution is 5.91. The van der Waals surface area contributed by atoms with Crippen molar-refractivity contribution in [2.45, 2.75) is 91.4 Å². The smallest absolute Gasteiger partial charge is 0.343 e. The molecule has 1 aliphatic carbocycles. The van der Waals surface area contributed by atoms with Gasteiger partial charge in [0.05, 0.1) is 18.8 Å². The van der Waals surface area contributed by atoms with Crippen LogP contribution in [0.3, 0.4) is 0 Å². The lowest BCUT2D eigenvalue weighted by Gasteiger charge is -2.28. The maximum atomic E-state index is 12.5. The molecule has 4 heteroatoms. The molecule has 0 aliphatic heterocycles. The van der Waals surface area contributed by atoms with E-state index in [1.807, 2.05) is 24.3 Å². The molecule has 1 fully saturated rings. The van der Waals surface area contributed by atoms with Gasteiger partial charge in [-0.05, 0) is 85.5 Å². The van der Waals surface area contributed by atoms with Crippen LogP contribution in [0.1, 0.15) is 102 Å². The number of unbranched alkanes of at least 4 members (excludes halogenated alkanes) is 2. The normalized spacial score (nSPS) is 18.4. The predicted octanol–water partition coefficient (Wildman–Crippen LogP) is 8.88. The maximum Gasteiger partial charge on any atom is 0.343 e. The molecule has 1 saturated carbocycles. The van der Waals surface area contributed by atoms with Gasteiger partial charge in [0.2, 0.25) is 0 Å². The van der Waals surface area contributed by atoms with Crippen molar-refractivity contribution in [2.75, 3.05) is 13.2 Å². The third-order valence-corrected chi connectivity index (χ3v) is 7.58. The molecule has 0 spiro atoms. The lowest BCUT2D eigenvalue weighted by Crippen LogP contribution is -2.20. The average molecular weight is 495 g/mol. The Hall–Kier alpha value is -2.49. The van der Waals surface area contributed by atoms with E-state index < -0.39 is 0 Å². The Balaban J connectivity index is 1.34. The minimum absolute atomic E-state index is 0.371. The molecule has 0 saturated heterocycles. The summed E-state index contributed by atoms with van der Waals surface area (Å²) in [4.78, 5) is 12.5. The van der Waals surface area contributed by atoms with E-state index >= 15 is 0 Å². The molecule has 0 bridgehead atoms. The molecule has 2 aromatic rings. The lowest BCUT2D eigenvalue weighted by atomic mass is 9.80. The van der Waals surface area contributed by atoms with E-state index in [0.717, 1.165) is 36.4 Å². The van der Waals surface area contributed by atoms with Crippen LogP contribution in [0.4, 0.5) is 0 Å². The number of carbonyl (C=O) groups is 1. The first kappa shape index (κ1) is 28.1. The minimum atomic E-state index is -0.371. The summed E-state index contributed by atoms with van der Waals surface area (Å²) in [5, 5.41) is 0. The molecule has 198 valence electrons. The SMILES string of the molecule is CCCC1CCC(COc2ccc(OC(=O)c3ccc(OCCCCCC(C)CC)cc3)cc2)CC1. The van der Waals surface area contributed by atoms with Crippen LogP contribution in [0.5, 0.6) is 17.2 Å². The minimum Gasteiger partial charge on any atom is -0.494 e. The average Bonchev–Trinajstić information content (AvgIpc) is 2.91. The molecular weight excluding hydrogens is 448 g/mol. The highest BCUT2D eigenvalue weighted by Gasteiger charge is 2.21. The van der Waals surface area contributed by atoms with Crippen molar-refractivity contribution in [3.8, 4) is 17.2 Å². The van der Waals surface area contributed by atoms with E-state index in [0.29, 0.717) is 23.8 Å². The van der Waals surface area contributed by atoms with E-state index in [2.05, 4.69) is 20.8 Å². The fraction of sp³-hybridized carbons (Fsp3) is 0.594. The van der Waals surface area contributed by atoms with E-state index in [4.69, 9.17) is 14.2 Å². The topological polar surface area (TPSA) is 44.8 Å². The third-order valence-electron chi connectivity index (χ3n) is 7.58. The second-order valence-electron chi connectivity index (χ2n) is 10.6. The van der Waals surface area contributed by atoms with Gasteiger partial charge in [0.1, 0.15) is 17.2 Å². The molecule has 36 heavy (non-hydrogen) atoms. The van der Waals surface area contributed by atoms with Crippen LogP contribution >= 0.6 is 0 Å². The van der Waals surface area contributed by atoms with Crippen LogP contribution in [-0.2, 0) is 0 Å². The Bertz CT molecular complexity index is 866. The molecule has 0 amide bonds. The van der Waals surface area contributed by atoms with Crippen LogP contribution in [0, 0.1) is 17.8 Å². The summed E-state index contributed by atoms with van der Waals surface area (Å²) >= 11 is 0. The van der Waals surface area contributed by atoms with Crippen LogP contribution in [0.25, 0.3) is 0 Å². The van der Waals surface area contributed by atoms with Gasteiger partial charge in [0.25, 0.3) is 0 Å². The number of ether oxygens (including phenoxy) is 3. The largest absolute Gasteiger partial charge is 0.494 e. The van der Waals surface area contributed by atoms with Crippen molar-refractivity contribution in [3.63, 3.8) is 0 Å². The van der Waals surface area contributed by atoms with Crippen molar-refractivity contribution >= 4 is 5.97 Å². The Morgan fingerprint density at radius 2 is 1.42 bits per heavy atom. The molecule has 0 aromatic heterocycles. The number of carbonyl (C=O) groups excluding carboxylic acids is 1. The summed E-state index contributed by atoms with van der Waals surface area (Å²) in [6, 6.07) is 14.5. The zero-order valence-electron chi connectivity index (χ0n) is 22.7. The zero-order chi connectivity index (χ0) is 25.6. The monoisotopic (exact) mass is 494 g/mol. The van der Waals surface area contributed by atoms with Gasteiger partial charge in [-0.3, -0.25) is 0 Å². The fourth-order valence-corrected chi connectivity index (χ4v) is 4.93. The van der Waals surface area contributed by atoms with Crippen molar-refractivity contribution < 1.29 is 19.0 Å². The zero-order valence-corrected chi connectivity index (χ0v) is 22.7. The predicted molar refractivity (Wildman–Crippen MR) is 147 cm³/mol. The summed E-state index contributed by atoms with van der Waals surface area (Å²) in [7, 11) is 0. The van der Waals surface area contributed by atoms with E-state index in [-0.39, 0.29) is 5.97 Å². The van der Waals surface area contributed by atoms with Crippen LogP contribution in [0.15, 0.2) is 48.5 Å². The molecule has 4 nitrogen and oxygen atoms in total.